The quantitative estimate of drug-likeness (QED) is 0.320. The fourth-order valence-electron chi connectivity index (χ4n) is 2.63. The molecule has 0 spiro atoms. The maximum Gasteiger partial charge on any atom is 0.343 e. The van der Waals surface area contributed by atoms with E-state index < -0.39 is 0 Å². The van der Waals surface area contributed by atoms with Crippen molar-refractivity contribution in [3.8, 4) is 11.5 Å². The zero-order chi connectivity index (χ0) is 20.6. The highest BCUT2D eigenvalue weighted by Crippen LogP contribution is 2.19. The molecule has 0 N–H and O–H groups in total. The van der Waals surface area contributed by atoms with Gasteiger partial charge in [0.05, 0.1) is 17.9 Å². The summed E-state index contributed by atoms with van der Waals surface area (Å²) < 4.78 is 10.9. The van der Waals surface area contributed by atoms with E-state index >= 15 is 0 Å². The lowest BCUT2D eigenvalue weighted by atomic mass is 10.2. The second-order valence-electron chi connectivity index (χ2n) is 6.58. The average Bonchev–Trinajstić information content (AvgIpc) is 2.74. The number of benzene rings is 3. The van der Waals surface area contributed by atoms with Crippen molar-refractivity contribution in [3.05, 3.63) is 83.9 Å². The topological polar surface area (TPSA) is 51.1 Å². The Morgan fingerprint density at radius 1 is 0.897 bits per heavy atom. The molecule has 0 heterocycles. The summed E-state index contributed by atoms with van der Waals surface area (Å²) in [7, 11) is 3.90. The van der Waals surface area contributed by atoms with Crippen LogP contribution in [0.15, 0.2) is 77.8 Å². The average molecular weight is 388 g/mol. The summed E-state index contributed by atoms with van der Waals surface area (Å²) in [4.78, 5) is 18.7. The van der Waals surface area contributed by atoms with Crippen molar-refractivity contribution in [2.75, 3.05) is 25.6 Å². The molecule has 5 heteroatoms. The molecule has 0 amide bonds. The molecule has 3 aromatic carbocycles. The number of carbonyl (C=O) groups excluding carboxylic acids is 1. The van der Waals surface area contributed by atoms with Crippen LogP contribution in [0.3, 0.4) is 0 Å². The highest BCUT2D eigenvalue weighted by molar-refractivity contribution is 5.91. The van der Waals surface area contributed by atoms with E-state index in [1.807, 2.05) is 74.4 Å². The SMILES string of the molecule is CCOc1ccc(N=Cc2ccc(OC(=O)c3ccc(N(C)C)cc3)cc2)cc1. The lowest BCUT2D eigenvalue weighted by Crippen LogP contribution is -2.11. The molecule has 29 heavy (non-hydrogen) atoms. The van der Waals surface area contributed by atoms with E-state index in [1.165, 1.54) is 0 Å². The third-order valence-corrected chi connectivity index (χ3v) is 4.22. The third-order valence-electron chi connectivity index (χ3n) is 4.22. The predicted octanol–water partition coefficient (Wildman–Crippen LogP) is 5.12. The molecule has 0 aliphatic rings. The fourth-order valence-corrected chi connectivity index (χ4v) is 2.63. The van der Waals surface area contributed by atoms with Crippen LogP contribution in [0.5, 0.6) is 11.5 Å². The van der Waals surface area contributed by atoms with Gasteiger partial charge in [-0.15, -0.1) is 0 Å². The second-order valence-corrected chi connectivity index (χ2v) is 6.58. The first-order chi connectivity index (χ1) is 14.0. The van der Waals surface area contributed by atoms with Crippen LogP contribution < -0.4 is 14.4 Å². The molecule has 3 aromatic rings. The Bertz CT molecular complexity index is 961. The first-order valence-corrected chi connectivity index (χ1v) is 9.41. The highest BCUT2D eigenvalue weighted by Gasteiger charge is 2.09. The lowest BCUT2D eigenvalue weighted by molar-refractivity contribution is 0.0735. The van der Waals surface area contributed by atoms with Crippen LogP contribution in [0.25, 0.3) is 0 Å². The van der Waals surface area contributed by atoms with E-state index in [9.17, 15) is 4.79 Å². The number of anilines is 1. The van der Waals surface area contributed by atoms with Gasteiger partial charge in [0.25, 0.3) is 0 Å². The molecule has 0 unspecified atom stereocenters. The molecule has 0 atom stereocenters. The smallest absolute Gasteiger partial charge is 0.343 e. The molecule has 0 radical (unpaired) electrons. The summed E-state index contributed by atoms with van der Waals surface area (Å²) in [5.74, 6) is 0.935. The minimum Gasteiger partial charge on any atom is -0.494 e. The Morgan fingerprint density at radius 3 is 2.10 bits per heavy atom. The fraction of sp³-hybridized carbons (Fsp3) is 0.167. The maximum absolute atomic E-state index is 12.3. The maximum atomic E-state index is 12.3. The van der Waals surface area contributed by atoms with Crippen LogP contribution in [-0.4, -0.2) is 32.9 Å². The first kappa shape index (κ1) is 20.1. The number of hydrogen-bond donors (Lipinski definition) is 0. The van der Waals surface area contributed by atoms with Gasteiger partial charge in [-0.2, -0.15) is 0 Å². The van der Waals surface area contributed by atoms with Gasteiger partial charge in [0.15, 0.2) is 0 Å². The second kappa shape index (κ2) is 9.55. The molecule has 0 bridgehead atoms. The molecule has 0 aliphatic heterocycles. The zero-order valence-electron chi connectivity index (χ0n) is 16.8. The Balaban J connectivity index is 1.60. The minimum atomic E-state index is -0.383. The first-order valence-electron chi connectivity index (χ1n) is 9.41. The Hall–Kier alpha value is -3.60. The third kappa shape index (κ3) is 5.69. The molecule has 0 saturated carbocycles. The van der Waals surface area contributed by atoms with E-state index in [1.54, 1.807) is 30.5 Å². The van der Waals surface area contributed by atoms with Crippen LogP contribution in [0.2, 0.25) is 0 Å². The Kier molecular flexibility index (Phi) is 6.63. The Morgan fingerprint density at radius 2 is 1.52 bits per heavy atom. The molecule has 5 nitrogen and oxygen atoms in total. The van der Waals surface area contributed by atoms with Crippen molar-refractivity contribution >= 4 is 23.6 Å². The van der Waals surface area contributed by atoms with Crippen molar-refractivity contribution in [3.63, 3.8) is 0 Å². The molecule has 0 aliphatic carbocycles. The van der Waals surface area contributed by atoms with Crippen molar-refractivity contribution < 1.29 is 14.3 Å². The zero-order valence-corrected chi connectivity index (χ0v) is 16.8. The lowest BCUT2D eigenvalue weighted by Gasteiger charge is -2.12. The van der Waals surface area contributed by atoms with Gasteiger partial charge in [0.1, 0.15) is 11.5 Å². The van der Waals surface area contributed by atoms with Gasteiger partial charge >= 0.3 is 5.97 Å². The van der Waals surface area contributed by atoms with Gasteiger partial charge in [-0.3, -0.25) is 4.99 Å². The number of rotatable bonds is 7. The molecule has 3 rings (SSSR count). The summed E-state index contributed by atoms with van der Waals surface area (Å²) in [5, 5.41) is 0. The number of hydrogen-bond acceptors (Lipinski definition) is 5. The summed E-state index contributed by atoms with van der Waals surface area (Å²) in [6.45, 7) is 2.59. The number of esters is 1. The van der Waals surface area contributed by atoms with Gasteiger partial charge in [-0.1, -0.05) is 0 Å². The number of ether oxygens (including phenoxy) is 2. The molecule has 0 saturated heterocycles. The van der Waals surface area contributed by atoms with E-state index in [4.69, 9.17) is 9.47 Å². The van der Waals surface area contributed by atoms with Gasteiger partial charge in [0, 0.05) is 26.0 Å². The summed E-state index contributed by atoms with van der Waals surface area (Å²) in [5.41, 5.74) is 3.29. The Labute approximate surface area is 171 Å². The van der Waals surface area contributed by atoms with E-state index in [0.29, 0.717) is 17.9 Å². The molecule has 0 fully saturated rings. The number of aliphatic imine (C=N–C) groups is 1. The predicted molar refractivity (Wildman–Crippen MR) is 117 cm³/mol. The molecule has 148 valence electrons. The summed E-state index contributed by atoms with van der Waals surface area (Å²) in [6.07, 6.45) is 1.77. The minimum absolute atomic E-state index is 0.383. The monoisotopic (exact) mass is 388 g/mol. The van der Waals surface area contributed by atoms with Crippen LogP contribution in [0.1, 0.15) is 22.8 Å². The number of carbonyl (C=O) groups is 1. The van der Waals surface area contributed by atoms with E-state index in [-0.39, 0.29) is 5.97 Å². The van der Waals surface area contributed by atoms with Crippen molar-refractivity contribution in [2.45, 2.75) is 6.92 Å². The van der Waals surface area contributed by atoms with E-state index in [0.717, 1.165) is 22.7 Å². The molecular formula is C24H24N2O3. The van der Waals surface area contributed by atoms with Crippen LogP contribution in [-0.2, 0) is 0 Å². The van der Waals surface area contributed by atoms with Crippen molar-refractivity contribution in [1.29, 1.82) is 0 Å². The molecular weight excluding hydrogens is 364 g/mol. The highest BCUT2D eigenvalue weighted by atomic mass is 16.5. The van der Waals surface area contributed by atoms with Crippen LogP contribution in [0.4, 0.5) is 11.4 Å². The molecule has 0 aromatic heterocycles. The van der Waals surface area contributed by atoms with Crippen molar-refractivity contribution in [1.82, 2.24) is 0 Å². The standard InChI is InChI=1S/C24H24N2O3/c1-4-28-22-15-9-20(10-16-22)25-17-18-5-13-23(14-6-18)29-24(27)19-7-11-21(12-8-19)26(2)3/h5-17H,4H2,1-3H3. The van der Waals surface area contributed by atoms with E-state index in [2.05, 4.69) is 4.99 Å². The van der Waals surface area contributed by atoms with Crippen LogP contribution >= 0.6 is 0 Å². The van der Waals surface area contributed by atoms with Crippen molar-refractivity contribution in [2.24, 2.45) is 4.99 Å². The summed E-state index contributed by atoms with van der Waals surface area (Å²) in [6, 6.07) is 22.1. The van der Waals surface area contributed by atoms with Gasteiger partial charge in [0.2, 0.25) is 0 Å². The van der Waals surface area contributed by atoms with Crippen LogP contribution in [0, 0.1) is 0 Å². The number of nitrogens with zero attached hydrogens (tertiary/aromatic N) is 2. The van der Waals surface area contributed by atoms with Gasteiger partial charge < -0.3 is 14.4 Å². The normalized spacial score (nSPS) is 10.7. The van der Waals surface area contributed by atoms with Gasteiger partial charge in [-0.05, 0) is 85.3 Å². The summed E-state index contributed by atoms with van der Waals surface area (Å²) >= 11 is 0. The largest absolute Gasteiger partial charge is 0.494 e. The van der Waals surface area contributed by atoms with Gasteiger partial charge in [-0.25, -0.2) is 4.79 Å².